The second-order valence-corrected chi connectivity index (χ2v) is 9.91. The zero-order chi connectivity index (χ0) is 27.0. The molecule has 2 fully saturated rings. The number of alkyl halides is 3. The molecule has 204 valence electrons. The largest absolute Gasteiger partial charge is 0.418 e. The number of anilines is 1. The molecule has 2 unspecified atom stereocenters. The molecule has 5 rings (SSSR count). The van der Waals surface area contributed by atoms with Crippen LogP contribution in [0.2, 0.25) is 0 Å². The molecule has 3 atom stereocenters. The highest BCUT2D eigenvalue weighted by Crippen LogP contribution is 2.34. The van der Waals surface area contributed by atoms with Gasteiger partial charge in [0.05, 0.1) is 36.3 Å². The lowest BCUT2D eigenvalue weighted by molar-refractivity contribution is -0.136. The molecular weight excluding hydrogens is 501 g/mol. The number of hydrogen-bond acceptors (Lipinski definition) is 7. The lowest BCUT2D eigenvalue weighted by atomic mass is 10.2. The smallest absolute Gasteiger partial charge is 0.371 e. The summed E-state index contributed by atoms with van der Waals surface area (Å²) in [6.45, 7) is 10.9. The summed E-state index contributed by atoms with van der Waals surface area (Å²) in [4.78, 5) is 24.5. The molecule has 0 bridgehead atoms. The number of fused-ring (bicyclic) bond motifs is 1. The van der Waals surface area contributed by atoms with Crippen molar-refractivity contribution in [2.75, 3.05) is 37.7 Å². The molecule has 2 saturated heterocycles. The molecule has 2 aromatic heterocycles. The van der Waals surface area contributed by atoms with E-state index in [0.29, 0.717) is 19.7 Å². The quantitative estimate of drug-likeness (QED) is 0.429. The van der Waals surface area contributed by atoms with Crippen LogP contribution in [0.15, 0.2) is 35.4 Å². The third-order valence-electron chi connectivity index (χ3n) is 7.26. The summed E-state index contributed by atoms with van der Waals surface area (Å²) in [5, 5.41) is 7.09. The summed E-state index contributed by atoms with van der Waals surface area (Å²) in [5.41, 5.74) is 1.13. The van der Waals surface area contributed by atoms with Gasteiger partial charge in [-0.25, -0.2) is 4.98 Å². The van der Waals surface area contributed by atoms with E-state index >= 15 is 0 Å². The average Bonchev–Trinajstić information content (AvgIpc) is 3.63. The molecule has 2 N–H and O–H groups in total. The highest BCUT2D eigenvalue weighted by Gasteiger charge is 2.40. The Morgan fingerprint density at radius 2 is 2.13 bits per heavy atom. The maximum absolute atomic E-state index is 13.3. The van der Waals surface area contributed by atoms with Gasteiger partial charge in [-0.1, -0.05) is 17.3 Å². The van der Waals surface area contributed by atoms with Crippen LogP contribution in [0.25, 0.3) is 11.0 Å². The van der Waals surface area contributed by atoms with Crippen molar-refractivity contribution in [1.82, 2.24) is 25.3 Å². The molecule has 9 nitrogen and oxygen atoms in total. The fraction of sp³-hybridized carbons (Fsp3) is 0.500. The minimum Gasteiger partial charge on any atom is -0.371 e. The van der Waals surface area contributed by atoms with Crippen LogP contribution in [0.3, 0.4) is 0 Å². The van der Waals surface area contributed by atoms with Crippen molar-refractivity contribution in [2.45, 2.75) is 51.1 Å². The number of aromatic nitrogens is 3. The van der Waals surface area contributed by atoms with Gasteiger partial charge in [-0.05, 0) is 32.4 Å². The summed E-state index contributed by atoms with van der Waals surface area (Å²) >= 11 is 0. The van der Waals surface area contributed by atoms with Gasteiger partial charge in [0.15, 0.2) is 5.76 Å². The number of hydrogen-bond donors (Lipinski definition) is 2. The maximum atomic E-state index is 13.3. The van der Waals surface area contributed by atoms with E-state index in [1.165, 1.54) is 12.1 Å². The van der Waals surface area contributed by atoms with Crippen molar-refractivity contribution in [2.24, 2.45) is 0 Å². The zero-order valence-corrected chi connectivity index (χ0v) is 21.3. The Morgan fingerprint density at radius 3 is 2.84 bits per heavy atom. The number of halogens is 3. The summed E-state index contributed by atoms with van der Waals surface area (Å²) in [7, 11) is 0. The fourth-order valence-corrected chi connectivity index (χ4v) is 5.58. The van der Waals surface area contributed by atoms with Gasteiger partial charge in [0.25, 0.3) is 0 Å². The van der Waals surface area contributed by atoms with Crippen molar-refractivity contribution in [1.29, 1.82) is 0 Å². The van der Waals surface area contributed by atoms with Crippen LogP contribution in [0, 0.1) is 13.8 Å². The third kappa shape index (κ3) is 5.28. The van der Waals surface area contributed by atoms with Crippen LogP contribution >= 0.6 is 0 Å². The topological polar surface area (TPSA) is 99.5 Å². The number of likely N-dealkylation sites (tertiary alicyclic amines) is 1. The van der Waals surface area contributed by atoms with Crippen molar-refractivity contribution >= 4 is 22.6 Å². The van der Waals surface area contributed by atoms with Crippen molar-refractivity contribution in [3.63, 3.8) is 0 Å². The van der Waals surface area contributed by atoms with Crippen LogP contribution in [-0.4, -0.2) is 76.9 Å². The molecule has 0 aliphatic carbocycles. The fourth-order valence-electron chi connectivity index (χ4n) is 5.58. The number of amides is 1. The number of rotatable bonds is 8. The lowest BCUT2D eigenvalue weighted by Crippen LogP contribution is -2.45. The maximum Gasteiger partial charge on any atom is 0.418 e. The molecule has 1 aromatic carbocycles. The van der Waals surface area contributed by atoms with E-state index in [0.717, 1.165) is 42.7 Å². The van der Waals surface area contributed by atoms with E-state index in [-0.39, 0.29) is 47.4 Å². The van der Waals surface area contributed by atoms with Crippen LogP contribution in [0.1, 0.15) is 29.3 Å². The Balaban J connectivity index is 1.25. The van der Waals surface area contributed by atoms with Crippen LogP contribution < -0.4 is 10.2 Å². The van der Waals surface area contributed by atoms with E-state index in [2.05, 4.69) is 36.8 Å². The van der Waals surface area contributed by atoms with Gasteiger partial charge >= 0.3 is 6.18 Å². The molecule has 2 aliphatic heterocycles. The molecule has 1 amide bonds. The molecule has 0 radical (unpaired) electrons. The Hall–Kier alpha value is -3.38. The molecule has 12 heteroatoms. The van der Waals surface area contributed by atoms with E-state index in [1.54, 1.807) is 6.08 Å². The number of carbonyl (C=O) groups excluding carboxylic acids is 1. The predicted molar refractivity (Wildman–Crippen MR) is 135 cm³/mol. The van der Waals surface area contributed by atoms with Crippen LogP contribution in [0.4, 0.5) is 18.9 Å². The summed E-state index contributed by atoms with van der Waals surface area (Å²) in [6.07, 6.45) is -2.31. The number of benzene rings is 1. The number of carbonyl (C=O) groups is 1. The molecule has 0 saturated carbocycles. The van der Waals surface area contributed by atoms with Gasteiger partial charge in [0.2, 0.25) is 5.91 Å². The van der Waals surface area contributed by atoms with Gasteiger partial charge < -0.3 is 24.5 Å². The number of aromatic amines is 1. The van der Waals surface area contributed by atoms with Crippen LogP contribution in [0.5, 0.6) is 0 Å². The third-order valence-corrected chi connectivity index (χ3v) is 7.26. The van der Waals surface area contributed by atoms with Gasteiger partial charge in [0, 0.05) is 32.2 Å². The second-order valence-electron chi connectivity index (χ2n) is 9.91. The van der Waals surface area contributed by atoms with Crippen molar-refractivity contribution in [3.8, 4) is 0 Å². The standard InChI is InChI=1S/C26H31F3N6O3/c1-4-10-37-21-14-35(17-8-9-34(12-17)25-15(2)33-38-16(25)3)13-20(21)31-23(36)11-22-30-19-7-5-6-18(24(19)32-22)26(27,28)29/h4-7,17,20-21H,1,8-14H2,2-3H3,(H,30,32)(H,31,36)/t17?,20?,21-/m0/s1. The number of nitrogens with one attached hydrogen (secondary N) is 2. The molecule has 3 aromatic rings. The predicted octanol–water partition coefficient (Wildman–Crippen LogP) is 3.38. The molecule has 0 spiro atoms. The Labute approximate surface area is 218 Å². The molecule has 4 heterocycles. The lowest BCUT2D eigenvalue weighted by Gasteiger charge is -2.24. The van der Waals surface area contributed by atoms with E-state index < -0.39 is 11.7 Å². The van der Waals surface area contributed by atoms with Crippen molar-refractivity contribution in [3.05, 3.63) is 53.7 Å². The number of H-pyrrole nitrogens is 1. The SMILES string of the molecule is C=CCO[C@H]1CN(C2CCN(c3c(C)noc3C)C2)CC1NC(=O)Cc1nc2c(C(F)(F)F)cccc2[nH]1. The second kappa shape index (κ2) is 10.4. The van der Waals surface area contributed by atoms with E-state index in [1.807, 2.05) is 13.8 Å². The number of ether oxygens (including phenoxy) is 1. The van der Waals surface area contributed by atoms with Gasteiger partial charge in [0.1, 0.15) is 22.7 Å². The van der Waals surface area contributed by atoms with E-state index in [4.69, 9.17) is 9.26 Å². The minimum atomic E-state index is -4.53. The van der Waals surface area contributed by atoms with Crippen molar-refractivity contribution < 1.29 is 27.2 Å². The molecular formula is C26H31F3N6O3. The monoisotopic (exact) mass is 532 g/mol. The Kier molecular flexibility index (Phi) is 7.19. The normalized spacial score (nSPS) is 22.4. The summed E-state index contributed by atoms with van der Waals surface area (Å²) in [6, 6.07) is 3.82. The Bertz CT molecular complexity index is 1300. The number of para-hydroxylation sites is 1. The first kappa shape index (κ1) is 26.2. The van der Waals surface area contributed by atoms with Crippen LogP contribution in [-0.2, 0) is 22.1 Å². The number of nitrogens with zero attached hydrogens (tertiary/aromatic N) is 4. The highest BCUT2D eigenvalue weighted by atomic mass is 19.4. The molecule has 2 aliphatic rings. The first-order valence-corrected chi connectivity index (χ1v) is 12.6. The molecule has 38 heavy (non-hydrogen) atoms. The first-order valence-electron chi connectivity index (χ1n) is 12.6. The highest BCUT2D eigenvalue weighted by molar-refractivity contribution is 5.82. The van der Waals surface area contributed by atoms with E-state index in [9.17, 15) is 18.0 Å². The van der Waals surface area contributed by atoms with Gasteiger partial charge in [-0.3, -0.25) is 9.69 Å². The first-order chi connectivity index (χ1) is 18.1. The summed E-state index contributed by atoms with van der Waals surface area (Å²) in [5.74, 6) is 0.647. The Morgan fingerprint density at radius 1 is 1.32 bits per heavy atom. The van der Waals surface area contributed by atoms with Gasteiger partial charge in [-0.15, -0.1) is 6.58 Å². The summed E-state index contributed by atoms with van der Waals surface area (Å²) < 4.78 is 51.3. The minimum absolute atomic E-state index is 0.167. The number of aryl methyl sites for hydroxylation is 2. The number of imidazole rings is 1. The zero-order valence-electron chi connectivity index (χ0n) is 21.3. The average molecular weight is 533 g/mol. The van der Waals surface area contributed by atoms with Gasteiger partial charge in [-0.2, -0.15) is 13.2 Å².